The van der Waals surface area contributed by atoms with E-state index in [9.17, 15) is 27.8 Å². The Bertz CT molecular complexity index is 1370. The maximum Gasteiger partial charge on any atom is 0.273 e. The summed E-state index contributed by atoms with van der Waals surface area (Å²) in [6.07, 6.45) is 2.29. The first-order valence-electron chi connectivity index (χ1n) is 10.6. The molecule has 176 valence electrons. The minimum absolute atomic E-state index is 0.0842. The standard InChI is InChI=1S/C21H23FN4O5S2/c22-14-9-12-5-6-23-20(29)13(12)10-15(14)24-33(30,31)21-19(26-8-2-4-18(26)28)16(11-32-21)25-7-1-3-17(25)27/h5-6,9-11,17-18,24,27-28H,1-4,7-8H2,(H,23,29). The number of anilines is 3. The lowest BCUT2D eigenvalue weighted by atomic mass is 10.1. The second-order valence-corrected chi connectivity index (χ2v) is 11.0. The molecule has 2 aliphatic rings. The molecule has 2 atom stereocenters. The Kier molecular flexibility index (Phi) is 5.55. The SMILES string of the molecule is O=c1[nH]ccc2cc(F)c(NS(=O)(=O)c3scc(N4CCCC4O)c3N3CCCC3O)cc12. The van der Waals surface area contributed by atoms with Crippen LogP contribution in [0, 0.1) is 5.82 Å². The van der Waals surface area contributed by atoms with Gasteiger partial charge in [-0.2, -0.15) is 0 Å². The highest BCUT2D eigenvalue weighted by Crippen LogP contribution is 2.46. The topological polar surface area (TPSA) is 126 Å². The summed E-state index contributed by atoms with van der Waals surface area (Å²) in [5.41, 5.74) is 0.0257. The van der Waals surface area contributed by atoms with Crippen molar-refractivity contribution in [1.29, 1.82) is 0 Å². The lowest BCUT2D eigenvalue weighted by Gasteiger charge is -2.29. The molecule has 5 rings (SSSR count). The number of H-pyrrole nitrogens is 1. The maximum atomic E-state index is 14.7. The van der Waals surface area contributed by atoms with Crippen molar-refractivity contribution in [3.63, 3.8) is 0 Å². The van der Waals surface area contributed by atoms with Crippen LogP contribution in [0.3, 0.4) is 0 Å². The number of hydrogen-bond donors (Lipinski definition) is 4. The number of nitrogens with zero attached hydrogens (tertiary/aromatic N) is 2. The number of nitrogens with one attached hydrogen (secondary N) is 2. The van der Waals surface area contributed by atoms with Gasteiger partial charge in [0.25, 0.3) is 15.6 Å². The van der Waals surface area contributed by atoms with Crippen molar-refractivity contribution in [2.75, 3.05) is 27.6 Å². The van der Waals surface area contributed by atoms with Crippen molar-refractivity contribution in [3.05, 3.63) is 45.9 Å². The maximum absolute atomic E-state index is 14.7. The molecule has 3 aromatic rings. The van der Waals surface area contributed by atoms with Gasteiger partial charge >= 0.3 is 0 Å². The van der Waals surface area contributed by atoms with Crippen LogP contribution >= 0.6 is 11.3 Å². The van der Waals surface area contributed by atoms with E-state index in [0.29, 0.717) is 49.1 Å². The highest BCUT2D eigenvalue weighted by Gasteiger charge is 2.36. The van der Waals surface area contributed by atoms with Crippen molar-refractivity contribution in [1.82, 2.24) is 4.98 Å². The summed E-state index contributed by atoms with van der Waals surface area (Å²) in [6.45, 7) is 1.01. The molecule has 9 nitrogen and oxygen atoms in total. The van der Waals surface area contributed by atoms with Gasteiger partial charge in [0.1, 0.15) is 18.3 Å². The molecule has 0 saturated carbocycles. The predicted molar refractivity (Wildman–Crippen MR) is 125 cm³/mol. The summed E-state index contributed by atoms with van der Waals surface area (Å²) in [6, 6.07) is 3.80. The Morgan fingerprint density at radius 2 is 1.82 bits per heavy atom. The summed E-state index contributed by atoms with van der Waals surface area (Å²) in [5.74, 6) is -0.814. The molecule has 2 unspecified atom stereocenters. The number of benzene rings is 1. The molecule has 2 fully saturated rings. The monoisotopic (exact) mass is 494 g/mol. The number of aliphatic hydroxyl groups excluding tert-OH is 2. The first-order valence-corrected chi connectivity index (χ1v) is 13.0. The third-order valence-electron chi connectivity index (χ3n) is 6.10. The van der Waals surface area contributed by atoms with Gasteiger partial charge in [-0.25, -0.2) is 12.8 Å². The fourth-order valence-corrected chi connectivity index (χ4v) is 7.09. The second kappa shape index (κ2) is 8.28. The number of aromatic nitrogens is 1. The molecule has 0 spiro atoms. The number of aromatic amines is 1. The van der Waals surface area contributed by atoms with Crippen molar-refractivity contribution >= 4 is 49.2 Å². The predicted octanol–water partition coefficient (Wildman–Crippen LogP) is 2.37. The fourth-order valence-electron chi connectivity index (χ4n) is 4.50. The van der Waals surface area contributed by atoms with Crippen LogP contribution in [0.15, 0.2) is 38.8 Å². The average Bonchev–Trinajstić information content (AvgIpc) is 3.48. The Morgan fingerprint density at radius 3 is 2.48 bits per heavy atom. The fraction of sp³-hybridized carbons (Fsp3) is 0.381. The van der Waals surface area contributed by atoms with Gasteiger partial charge in [0.15, 0.2) is 4.21 Å². The van der Waals surface area contributed by atoms with Crippen LogP contribution in [-0.2, 0) is 10.0 Å². The Labute approximate surface area is 193 Å². The number of thiophene rings is 1. The first kappa shape index (κ1) is 22.1. The van der Waals surface area contributed by atoms with Crippen molar-refractivity contribution in [3.8, 4) is 0 Å². The van der Waals surface area contributed by atoms with Crippen LogP contribution in [0.2, 0.25) is 0 Å². The molecule has 1 aromatic carbocycles. The number of hydrogen-bond acceptors (Lipinski definition) is 8. The van der Waals surface area contributed by atoms with E-state index in [-0.39, 0.29) is 15.3 Å². The Hall–Kier alpha value is -2.67. The van der Waals surface area contributed by atoms with Crippen LogP contribution in [0.5, 0.6) is 0 Å². The quantitative estimate of drug-likeness (QED) is 0.429. The molecule has 0 bridgehead atoms. The molecule has 2 aromatic heterocycles. The smallest absolute Gasteiger partial charge is 0.273 e. The Balaban J connectivity index is 1.59. The summed E-state index contributed by atoms with van der Waals surface area (Å²) in [4.78, 5) is 17.9. The zero-order chi connectivity index (χ0) is 23.3. The van der Waals surface area contributed by atoms with E-state index in [1.54, 1.807) is 15.2 Å². The number of halogens is 1. The molecular weight excluding hydrogens is 471 g/mol. The molecule has 2 aliphatic heterocycles. The zero-order valence-corrected chi connectivity index (χ0v) is 19.1. The van der Waals surface area contributed by atoms with Crippen LogP contribution in [-0.4, -0.2) is 49.2 Å². The van der Waals surface area contributed by atoms with E-state index >= 15 is 0 Å². The minimum Gasteiger partial charge on any atom is -0.374 e. The van der Waals surface area contributed by atoms with Crippen molar-refractivity contribution < 1.29 is 23.0 Å². The van der Waals surface area contributed by atoms with Gasteiger partial charge in [-0.15, -0.1) is 11.3 Å². The number of aliphatic hydroxyl groups is 2. The van der Waals surface area contributed by atoms with Crippen LogP contribution in [0.4, 0.5) is 21.5 Å². The number of sulfonamides is 1. The zero-order valence-electron chi connectivity index (χ0n) is 17.5. The molecule has 0 amide bonds. The lowest BCUT2D eigenvalue weighted by Crippen LogP contribution is -2.34. The molecule has 33 heavy (non-hydrogen) atoms. The van der Waals surface area contributed by atoms with E-state index in [4.69, 9.17) is 0 Å². The summed E-state index contributed by atoms with van der Waals surface area (Å²) in [5, 5.41) is 23.0. The highest BCUT2D eigenvalue weighted by molar-refractivity contribution is 7.94. The third kappa shape index (κ3) is 3.86. The van der Waals surface area contributed by atoms with Crippen molar-refractivity contribution in [2.45, 2.75) is 42.3 Å². The molecule has 0 aliphatic carbocycles. The van der Waals surface area contributed by atoms with E-state index < -0.39 is 33.9 Å². The van der Waals surface area contributed by atoms with Crippen LogP contribution in [0.1, 0.15) is 25.7 Å². The molecule has 0 radical (unpaired) electrons. The highest BCUT2D eigenvalue weighted by atomic mass is 32.2. The van der Waals surface area contributed by atoms with Gasteiger partial charge in [0.2, 0.25) is 0 Å². The summed E-state index contributed by atoms with van der Waals surface area (Å²) in [7, 11) is -4.28. The average molecular weight is 495 g/mol. The van der Waals surface area contributed by atoms with E-state index in [1.807, 2.05) is 0 Å². The van der Waals surface area contributed by atoms with Gasteiger partial charge in [-0.1, -0.05) is 0 Å². The number of pyridine rings is 1. The second-order valence-electron chi connectivity index (χ2n) is 8.22. The van der Waals surface area contributed by atoms with Gasteiger partial charge in [0.05, 0.1) is 17.1 Å². The third-order valence-corrected chi connectivity index (χ3v) is 8.97. The summed E-state index contributed by atoms with van der Waals surface area (Å²) < 4.78 is 43.8. The lowest BCUT2D eigenvalue weighted by molar-refractivity contribution is 0.181. The first-order chi connectivity index (χ1) is 15.8. The molecule has 4 heterocycles. The summed E-state index contributed by atoms with van der Waals surface area (Å²) >= 11 is 0.946. The van der Waals surface area contributed by atoms with Crippen LogP contribution < -0.4 is 20.1 Å². The molecule has 12 heteroatoms. The van der Waals surface area contributed by atoms with Gasteiger partial charge in [-0.05, 0) is 49.3 Å². The largest absolute Gasteiger partial charge is 0.374 e. The van der Waals surface area contributed by atoms with Gasteiger partial charge in [0, 0.05) is 30.1 Å². The van der Waals surface area contributed by atoms with E-state index in [1.165, 1.54) is 18.3 Å². The van der Waals surface area contributed by atoms with E-state index in [2.05, 4.69) is 9.71 Å². The normalized spacial score (nSPS) is 21.3. The molecular formula is C21H23FN4O5S2. The van der Waals surface area contributed by atoms with Crippen molar-refractivity contribution in [2.24, 2.45) is 0 Å². The number of rotatable bonds is 5. The van der Waals surface area contributed by atoms with Gasteiger partial charge in [-0.3, -0.25) is 9.52 Å². The van der Waals surface area contributed by atoms with Crippen LogP contribution in [0.25, 0.3) is 10.8 Å². The van der Waals surface area contributed by atoms with Gasteiger partial charge < -0.3 is 25.0 Å². The van der Waals surface area contributed by atoms with E-state index in [0.717, 1.165) is 23.8 Å². The molecule has 2 saturated heterocycles. The number of fused-ring (bicyclic) bond motifs is 1. The minimum atomic E-state index is -4.28. The molecule has 4 N–H and O–H groups in total. The Morgan fingerprint density at radius 1 is 1.12 bits per heavy atom.